The van der Waals surface area contributed by atoms with Crippen molar-refractivity contribution in [3.63, 3.8) is 0 Å². The predicted octanol–water partition coefficient (Wildman–Crippen LogP) is 2.97. The largest absolute Gasteiger partial charge is 0.495 e. The van der Waals surface area contributed by atoms with Crippen LogP contribution in [0.15, 0.2) is 22.9 Å². The smallest absolute Gasteiger partial charge is 0.279 e. The van der Waals surface area contributed by atoms with Crippen LogP contribution >= 0.6 is 34.8 Å². The van der Waals surface area contributed by atoms with Crippen molar-refractivity contribution in [1.29, 1.82) is 0 Å². The molecule has 0 aliphatic carbocycles. The standard InChI is InChI=1S/C9H6Cl3N3O2/c1-16-5-2-3-6(13-4-5)7-14-8(17-15-7)9(10,11)12/h2-4H,1H3. The molecule has 8 heteroatoms. The Morgan fingerprint density at radius 1 is 1.29 bits per heavy atom. The van der Waals surface area contributed by atoms with Gasteiger partial charge in [0.05, 0.1) is 13.3 Å². The fraction of sp³-hybridized carbons (Fsp3) is 0.222. The van der Waals surface area contributed by atoms with Crippen molar-refractivity contribution in [2.24, 2.45) is 0 Å². The van der Waals surface area contributed by atoms with E-state index in [0.29, 0.717) is 11.4 Å². The molecule has 0 aliphatic heterocycles. The number of pyridine rings is 1. The number of methoxy groups -OCH3 is 1. The summed E-state index contributed by atoms with van der Waals surface area (Å²) < 4.78 is 8.05. The Balaban J connectivity index is 2.30. The topological polar surface area (TPSA) is 61.0 Å². The van der Waals surface area contributed by atoms with Gasteiger partial charge in [-0.05, 0) is 12.1 Å². The first kappa shape index (κ1) is 12.4. The van der Waals surface area contributed by atoms with Gasteiger partial charge >= 0.3 is 0 Å². The first-order chi connectivity index (χ1) is 8.00. The molecule has 0 aromatic carbocycles. The minimum atomic E-state index is -1.74. The van der Waals surface area contributed by atoms with Crippen LogP contribution in [0.2, 0.25) is 0 Å². The lowest BCUT2D eigenvalue weighted by Crippen LogP contribution is -1.99. The zero-order valence-corrected chi connectivity index (χ0v) is 10.8. The number of hydrogen-bond acceptors (Lipinski definition) is 5. The van der Waals surface area contributed by atoms with Gasteiger partial charge in [-0.2, -0.15) is 4.98 Å². The van der Waals surface area contributed by atoms with Gasteiger partial charge < -0.3 is 9.26 Å². The molecule has 2 heterocycles. The molecule has 5 nitrogen and oxygen atoms in total. The maximum Gasteiger partial charge on any atom is 0.279 e. The van der Waals surface area contributed by atoms with E-state index < -0.39 is 3.79 Å². The van der Waals surface area contributed by atoms with Crippen LogP contribution in [0.1, 0.15) is 5.89 Å². The number of ether oxygens (including phenoxy) is 1. The highest BCUT2D eigenvalue weighted by Crippen LogP contribution is 2.37. The van der Waals surface area contributed by atoms with Crippen LogP contribution < -0.4 is 4.74 Å². The maximum absolute atomic E-state index is 5.60. The van der Waals surface area contributed by atoms with Crippen LogP contribution in [-0.2, 0) is 3.79 Å². The monoisotopic (exact) mass is 293 g/mol. The van der Waals surface area contributed by atoms with Gasteiger partial charge in [-0.1, -0.05) is 40.0 Å². The van der Waals surface area contributed by atoms with Gasteiger partial charge in [0.2, 0.25) is 5.82 Å². The fourth-order valence-corrected chi connectivity index (χ4v) is 1.31. The molecule has 0 amide bonds. The zero-order chi connectivity index (χ0) is 12.5. The van der Waals surface area contributed by atoms with Crippen LogP contribution in [0.4, 0.5) is 0 Å². The molecule has 0 fully saturated rings. The van der Waals surface area contributed by atoms with Crippen molar-refractivity contribution in [2.75, 3.05) is 7.11 Å². The molecule has 17 heavy (non-hydrogen) atoms. The van der Waals surface area contributed by atoms with Crippen molar-refractivity contribution in [1.82, 2.24) is 15.1 Å². The van der Waals surface area contributed by atoms with E-state index in [1.54, 1.807) is 19.2 Å². The van der Waals surface area contributed by atoms with Gasteiger partial charge in [0, 0.05) is 0 Å². The Morgan fingerprint density at radius 2 is 2.06 bits per heavy atom. The molecule has 2 rings (SSSR count). The van der Waals surface area contributed by atoms with E-state index in [1.165, 1.54) is 6.20 Å². The Kier molecular flexibility index (Phi) is 3.42. The second kappa shape index (κ2) is 4.68. The van der Waals surface area contributed by atoms with Crippen LogP contribution in [0.5, 0.6) is 5.75 Å². The fourth-order valence-electron chi connectivity index (χ4n) is 1.08. The molecule has 0 aliphatic rings. The van der Waals surface area contributed by atoms with Gasteiger partial charge in [-0.15, -0.1) is 0 Å². The molecular weight excluding hydrogens is 288 g/mol. The van der Waals surface area contributed by atoms with Crippen LogP contribution in [0.3, 0.4) is 0 Å². The molecule has 0 bridgehead atoms. The van der Waals surface area contributed by atoms with Gasteiger partial charge in [-0.25, -0.2) is 4.98 Å². The van der Waals surface area contributed by atoms with Crippen molar-refractivity contribution < 1.29 is 9.26 Å². The highest BCUT2D eigenvalue weighted by molar-refractivity contribution is 6.66. The lowest BCUT2D eigenvalue weighted by atomic mass is 10.3. The van der Waals surface area contributed by atoms with E-state index in [0.717, 1.165) is 0 Å². The van der Waals surface area contributed by atoms with E-state index in [2.05, 4.69) is 15.1 Å². The Morgan fingerprint density at radius 3 is 2.53 bits per heavy atom. The van der Waals surface area contributed by atoms with Gasteiger partial charge in [0.25, 0.3) is 9.68 Å². The molecule has 90 valence electrons. The van der Waals surface area contributed by atoms with Gasteiger partial charge in [-0.3, -0.25) is 0 Å². The minimum Gasteiger partial charge on any atom is -0.495 e. The third-order valence-corrected chi connectivity index (χ3v) is 2.35. The molecule has 0 N–H and O–H groups in total. The van der Waals surface area contributed by atoms with Crippen LogP contribution in [0.25, 0.3) is 11.5 Å². The number of aromatic nitrogens is 3. The van der Waals surface area contributed by atoms with E-state index in [9.17, 15) is 0 Å². The third-order valence-electron chi connectivity index (χ3n) is 1.87. The first-order valence-electron chi connectivity index (χ1n) is 4.42. The average molecular weight is 295 g/mol. The van der Waals surface area contributed by atoms with Crippen LogP contribution in [-0.4, -0.2) is 22.2 Å². The highest BCUT2D eigenvalue weighted by atomic mass is 35.6. The molecule has 0 atom stereocenters. The summed E-state index contributed by atoms with van der Waals surface area (Å²) in [4.78, 5) is 8.01. The van der Waals surface area contributed by atoms with E-state index in [-0.39, 0.29) is 11.7 Å². The summed E-state index contributed by atoms with van der Waals surface area (Å²) in [5, 5.41) is 3.67. The van der Waals surface area contributed by atoms with E-state index in [1.807, 2.05) is 0 Å². The summed E-state index contributed by atoms with van der Waals surface area (Å²) in [5.41, 5.74) is 0.495. The summed E-state index contributed by atoms with van der Waals surface area (Å²) in [6, 6.07) is 3.39. The highest BCUT2D eigenvalue weighted by Gasteiger charge is 2.30. The van der Waals surface area contributed by atoms with Crippen molar-refractivity contribution in [2.45, 2.75) is 3.79 Å². The summed E-state index contributed by atoms with van der Waals surface area (Å²) in [7, 11) is 1.55. The van der Waals surface area contributed by atoms with Gasteiger partial charge in [0.1, 0.15) is 11.4 Å². The quantitative estimate of drug-likeness (QED) is 0.797. The lowest BCUT2D eigenvalue weighted by Gasteiger charge is -2.01. The Hall–Kier alpha value is -1.04. The van der Waals surface area contributed by atoms with Crippen molar-refractivity contribution in [3.05, 3.63) is 24.2 Å². The number of alkyl halides is 3. The van der Waals surface area contributed by atoms with E-state index >= 15 is 0 Å². The maximum atomic E-state index is 5.60. The summed E-state index contributed by atoms with van der Waals surface area (Å²) in [6.45, 7) is 0. The van der Waals surface area contributed by atoms with Crippen molar-refractivity contribution in [3.8, 4) is 17.3 Å². The number of nitrogens with zero attached hydrogens (tertiary/aromatic N) is 3. The summed E-state index contributed by atoms with van der Waals surface area (Å²) in [5.74, 6) is 0.767. The second-order valence-corrected chi connectivity index (χ2v) is 5.29. The minimum absolute atomic E-state index is 0.102. The van der Waals surface area contributed by atoms with Crippen molar-refractivity contribution >= 4 is 34.8 Å². The summed E-state index contributed by atoms with van der Waals surface area (Å²) >= 11 is 16.8. The summed E-state index contributed by atoms with van der Waals surface area (Å²) in [6.07, 6.45) is 1.53. The number of halogens is 3. The average Bonchev–Trinajstić information content (AvgIpc) is 2.78. The molecule has 0 spiro atoms. The number of hydrogen-bond donors (Lipinski definition) is 0. The Labute approximate surface area is 112 Å². The molecule has 0 saturated heterocycles. The third kappa shape index (κ3) is 2.80. The predicted molar refractivity (Wildman–Crippen MR) is 63.3 cm³/mol. The molecule has 2 aromatic rings. The van der Waals surface area contributed by atoms with Gasteiger partial charge in [0.15, 0.2) is 0 Å². The lowest BCUT2D eigenvalue weighted by molar-refractivity contribution is 0.383. The molecule has 0 radical (unpaired) electrons. The molecule has 2 aromatic heterocycles. The molecule has 0 unspecified atom stereocenters. The Bertz CT molecular complexity index is 507. The first-order valence-corrected chi connectivity index (χ1v) is 5.55. The SMILES string of the molecule is COc1ccc(-c2noc(C(Cl)(Cl)Cl)n2)nc1. The second-order valence-electron chi connectivity index (χ2n) is 3.00. The molecular formula is C9H6Cl3N3O2. The van der Waals surface area contributed by atoms with Crippen LogP contribution in [0, 0.1) is 0 Å². The normalized spacial score (nSPS) is 11.5. The van der Waals surface area contributed by atoms with E-state index in [4.69, 9.17) is 44.1 Å². The molecule has 0 saturated carbocycles. The zero-order valence-electron chi connectivity index (χ0n) is 8.52. The number of rotatable bonds is 2.